The minimum atomic E-state index is -0.626. The first kappa shape index (κ1) is 14.8. The minimum Gasteiger partial charge on any atom is -0.387 e. The second kappa shape index (κ2) is 6.77. The molecule has 0 spiro atoms. The lowest BCUT2D eigenvalue weighted by Gasteiger charge is -2.16. The van der Waals surface area contributed by atoms with Gasteiger partial charge in [0.05, 0.1) is 6.10 Å². The molecule has 2 heterocycles. The first-order chi connectivity index (χ1) is 10.2. The highest BCUT2D eigenvalue weighted by Crippen LogP contribution is 2.31. The Bertz CT molecular complexity index is 461. The van der Waals surface area contributed by atoms with Crippen LogP contribution < -0.4 is 10.6 Å². The van der Waals surface area contributed by atoms with Crippen LogP contribution in [-0.2, 0) is 0 Å². The van der Waals surface area contributed by atoms with Crippen LogP contribution in [0.4, 0.5) is 4.79 Å². The third-order valence-corrected chi connectivity index (χ3v) is 5.02. The maximum atomic E-state index is 11.8. The molecule has 1 aromatic rings. The maximum Gasteiger partial charge on any atom is 0.314 e. The molecule has 21 heavy (non-hydrogen) atoms. The third kappa shape index (κ3) is 4.18. The van der Waals surface area contributed by atoms with E-state index in [1.54, 1.807) is 11.3 Å². The number of nitrogens with one attached hydrogen (secondary N) is 2. The Morgan fingerprint density at radius 3 is 3.00 bits per heavy atom. The van der Waals surface area contributed by atoms with Crippen molar-refractivity contribution < 1.29 is 9.90 Å². The molecular weight excluding hydrogens is 286 g/mol. The van der Waals surface area contributed by atoms with Gasteiger partial charge in [-0.2, -0.15) is 11.3 Å². The highest BCUT2D eigenvalue weighted by Gasteiger charge is 2.34. The van der Waals surface area contributed by atoms with Crippen LogP contribution in [0.1, 0.15) is 30.9 Å². The third-order valence-electron chi connectivity index (χ3n) is 4.32. The van der Waals surface area contributed by atoms with Crippen molar-refractivity contribution in [1.82, 2.24) is 15.5 Å². The van der Waals surface area contributed by atoms with Crippen molar-refractivity contribution >= 4 is 17.4 Å². The molecule has 2 unspecified atom stereocenters. The summed E-state index contributed by atoms with van der Waals surface area (Å²) in [5.74, 6) is 0.568. The molecule has 2 atom stereocenters. The van der Waals surface area contributed by atoms with Crippen LogP contribution in [0.5, 0.6) is 0 Å². The molecule has 116 valence electrons. The van der Waals surface area contributed by atoms with Crippen LogP contribution in [0.15, 0.2) is 16.8 Å². The SMILES string of the molecule is O=C(NCC1CCN(C2CC2)C1)NCC(O)c1ccsc1. The molecule has 0 aromatic carbocycles. The zero-order chi connectivity index (χ0) is 14.7. The lowest BCUT2D eigenvalue weighted by molar-refractivity contribution is 0.173. The smallest absolute Gasteiger partial charge is 0.314 e. The van der Waals surface area contributed by atoms with Gasteiger partial charge >= 0.3 is 6.03 Å². The number of aliphatic hydroxyl groups is 1. The van der Waals surface area contributed by atoms with Gasteiger partial charge in [-0.25, -0.2) is 4.79 Å². The van der Waals surface area contributed by atoms with E-state index in [2.05, 4.69) is 15.5 Å². The number of carbonyl (C=O) groups is 1. The van der Waals surface area contributed by atoms with Crippen molar-refractivity contribution in [2.45, 2.75) is 31.4 Å². The summed E-state index contributed by atoms with van der Waals surface area (Å²) in [7, 11) is 0. The summed E-state index contributed by atoms with van der Waals surface area (Å²) in [6.07, 6.45) is 3.25. The highest BCUT2D eigenvalue weighted by atomic mass is 32.1. The molecule has 1 aliphatic carbocycles. The van der Waals surface area contributed by atoms with E-state index >= 15 is 0 Å². The monoisotopic (exact) mass is 309 g/mol. The van der Waals surface area contributed by atoms with Gasteiger partial charge in [-0.3, -0.25) is 0 Å². The number of urea groups is 1. The van der Waals surface area contributed by atoms with Gasteiger partial charge in [0.1, 0.15) is 0 Å². The molecule has 1 saturated carbocycles. The summed E-state index contributed by atoms with van der Waals surface area (Å²) in [5, 5.41) is 19.4. The molecular formula is C15H23N3O2S. The topological polar surface area (TPSA) is 64.6 Å². The van der Waals surface area contributed by atoms with E-state index in [0.717, 1.165) is 24.7 Å². The fourth-order valence-corrected chi connectivity index (χ4v) is 3.58. The molecule has 0 bridgehead atoms. The molecule has 6 heteroatoms. The first-order valence-corrected chi connectivity index (χ1v) is 8.62. The summed E-state index contributed by atoms with van der Waals surface area (Å²) in [6.45, 7) is 3.27. The number of nitrogens with zero attached hydrogens (tertiary/aromatic N) is 1. The fraction of sp³-hybridized carbons (Fsp3) is 0.667. The number of amides is 2. The number of rotatable bonds is 6. The van der Waals surface area contributed by atoms with E-state index < -0.39 is 6.10 Å². The molecule has 2 fully saturated rings. The predicted octanol–water partition coefficient (Wildman–Crippen LogP) is 1.56. The lowest BCUT2D eigenvalue weighted by atomic mass is 10.1. The second-order valence-corrected chi connectivity index (χ2v) is 6.82. The van der Waals surface area contributed by atoms with Crippen LogP contribution >= 0.6 is 11.3 Å². The average Bonchev–Trinajstić information content (AvgIpc) is 3.02. The molecule has 1 aromatic heterocycles. The zero-order valence-corrected chi connectivity index (χ0v) is 12.9. The molecule has 2 aliphatic rings. The molecule has 1 aliphatic heterocycles. The summed E-state index contributed by atoms with van der Waals surface area (Å²) < 4.78 is 0. The van der Waals surface area contributed by atoms with Crippen molar-refractivity contribution in [3.8, 4) is 0 Å². The molecule has 5 nitrogen and oxygen atoms in total. The Morgan fingerprint density at radius 1 is 1.43 bits per heavy atom. The Morgan fingerprint density at radius 2 is 2.29 bits per heavy atom. The summed E-state index contributed by atoms with van der Waals surface area (Å²) >= 11 is 1.54. The number of carbonyl (C=O) groups excluding carboxylic acids is 1. The number of likely N-dealkylation sites (tertiary alicyclic amines) is 1. The van der Waals surface area contributed by atoms with Crippen molar-refractivity contribution in [3.63, 3.8) is 0 Å². The van der Waals surface area contributed by atoms with Crippen molar-refractivity contribution in [1.29, 1.82) is 0 Å². The molecule has 3 N–H and O–H groups in total. The number of hydrogen-bond donors (Lipinski definition) is 3. The number of hydrogen-bond acceptors (Lipinski definition) is 4. The van der Waals surface area contributed by atoms with Crippen LogP contribution in [0, 0.1) is 5.92 Å². The number of thiophene rings is 1. The maximum absolute atomic E-state index is 11.8. The fourth-order valence-electron chi connectivity index (χ4n) is 2.87. The quantitative estimate of drug-likeness (QED) is 0.747. The van der Waals surface area contributed by atoms with E-state index in [-0.39, 0.29) is 12.6 Å². The van der Waals surface area contributed by atoms with Crippen LogP contribution in [-0.4, -0.2) is 48.3 Å². The highest BCUT2D eigenvalue weighted by molar-refractivity contribution is 7.07. The number of aliphatic hydroxyl groups excluding tert-OH is 1. The van der Waals surface area contributed by atoms with Crippen LogP contribution in [0.3, 0.4) is 0 Å². The van der Waals surface area contributed by atoms with Gasteiger partial charge in [0, 0.05) is 25.7 Å². The van der Waals surface area contributed by atoms with Gasteiger partial charge in [0.2, 0.25) is 0 Å². The van der Waals surface area contributed by atoms with E-state index in [0.29, 0.717) is 5.92 Å². The van der Waals surface area contributed by atoms with Gasteiger partial charge in [-0.1, -0.05) is 0 Å². The Balaban J connectivity index is 1.31. The second-order valence-electron chi connectivity index (χ2n) is 6.04. The molecule has 2 amide bonds. The van der Waals surface area contributed by atoms with Gasteiger partial charge in [0.15, 0.2) is 0 Å². The molecule has 3 rings (SSSR count). The van der Waals surface area contributed by atoms with Crippen LogP contribution in [0.25, 0.3) is 0 Å². The van der Waals surface area contributed by atoms with E-state index in [9.17, 15) is 9.90 Å². The van der Waals surface area contributed by atoms with Gasteiger partial charge in [0.25, 0.3) is 0 Å². The van der Waals surface area contributed by atoms with Crippen LogP contribution in [0.2, 0.25) is 0 Å². The minimum absolute atomic E-state index is 0.186. The average molecular weight is 309 g/mol. The zero-order valence-electron chi connectivity index (χ0n) is 12.1. The summed E-state index contributed by atoms with van der Waals surface area (Å²) in [6, 6.07) is 2.51. The lowest BCUT2D eigenvalue weighted by Crippen LogP contribution is -2.40. The van der Waals surface area contributed by atoms with E-state index in [1.807, 2.05) is 16.8 Å². The van der Waals surface area contributed by atoms with E-state index in [1.165, 1.54) is 25.8 Å². The molecule has 1 saturated heterocycles. The Labute approximate surface area is 129 Å². The van der Waals surface area contributed by atoms with Gasteiger partial charge < -0.3 is 20.6 Å². The normalized spacial score (nSPS) is 24.0. The van der Waals surface area contributed by atoms with Gasteiger partial charge in [-0.15, -0.1) is 0 Å². The van der Waals surface area contributed by atoms with Crippen molar-refractivity contribution in [2.75, 3.05) is 26.2 Å². The van der Waals surface area contributed by atoms with E-state index in [4.69, 9.17) is 0 Å². The first-order valence-electron chi connectivity index (χ1n) is 7.68. The standard InChI is InChI=1S/C15H23N3O2S/c19-14(12-4-6-21-10-12)8-17-15(20)16-7-11-3-5-18(9-11)13-1-2-13/h4,6,10-11,13-14,19H,1-3,5,7-9H2,(H2,16,17,20). The predicted molar refractivity (Wildman–Crippen MR) is 83.4 cm³/mol. The van der Waals surface area contributed by atoms with Crippen molar-refractivity contribution in [3.05, 3.63) is 22.4 Å². The summed E-state index contributed by atoms with van der Waals surface area (Å²) in [5.41, 5.74) is 0.858. The molecule has 0 radical (unpaired) electrons. The summed E-state index contributed by atoms with van der Waals surface area (Å²) in [4.78, 5) is 14.3. The Kier molecular flexibility index (Phi) is 4.77. The van der Waals surface area contributed by atoms with Crippen molar-refractivity contribution in [2.24, 2.45) is 5.92 Å². The van der Waals surface area contributed by atoms with Gasteiger partial charge in [-0.05, 0) is 54.1 Å². The largest absolute Gasteiger partial charge is 0.387 e. The Hall–Kier alpha value is -1.11.